The third kappa shape index (κ3) is 3.37. The predicted octanol–water partition coefficient (Wildman–Crippen LogP) is 4.49. The van der Waals surface area contributed by atoms with Gasteiger partial charge in [0.15, 0.2) is 0 Å². The Labute approximate surface area is 114 Å². The van der Waals surface area contributed by atoms with Crippen molar-refractivity contribution in [2.75, 3.05) is 0 Å². The number of carbonyl (C=O) groups excluding carboxylic acids is 1. The van der Waals surface area contributed by atoms with Gasteiger partial charge >= 0.3 is 115 Å². The van der Waals surface area contributed by atoms with E-state index in [1.807, 2.05) is 24.3 Å². The Bertz CT molecular complexity index is 414. The Kier molecular flexibility index (Phi) is 5.92. The molecule has 0 aliphatic rings. The summed E-state index contributed by atoms with van der Waals surface area (Å²) in [6, 6.07) is 7.48. The summed E-state index contributed by atoms with van der Waals surface area (Å²) in [5.41, 5.74) is 1.50. The molecule has 98 valence electrons. The molecule has 0 amide bonds. The molecule has 0 heterocycles. The van der Waals surface area contributed by atoms with Crippen molar-refractivity contribution in [3.63, 3.8) is 0 Å². The van der Waals surface area contributed by atoms with Gasteiger partial charge in [0.05, 0.1) is 0 Å². The van der Waals surface area contributed by atoms with E-state index in [0.717, 1.165) is 18.9 Å². The van der Waals surface area contributed by atoms with E-state index in [2.05, 4.69) is 27.4 Å². The number of carbonyl (C=O) groups is 1. The molecule has 0 spiro atoms. The van der Waals surface area contributed by atoms with Gasteiger partial charge in [0.1, 0.15) is 0 Å². The van der Waals surface area contributed by atoms with Crippen LogP contribution < -0.4 is 0 Å². The standard InChI is InChI=1S/C9H8O2.3C2H5.Sn/c1-2-7-5-3-4-6-8(7)9(10)11;3*1-2;/h2-6H,1H2,(H,10,11);3*1H2,2H3;/q;;;;+1/p-1. The molecule has 0 aliphatic heterocycles. The van der Waals surface area contributed by atoms with Gasteiger partial charge in [-0.1, -0.05) is 0 Å². The van der Waals surface area contributed by atoms with Crippen LogP contribution >= 0.6 is 0 Å². The van der Waals surface area contributed by atoms with E-state index in [4.69, 9.17) is 3.07 Å². The summed E-state index contributed by atoms with van der Waals surface area (Å²) in [6.45, 7) is 10.2. The molecule has 0 unspecified atom stereocenters. The van der Waals surface area contributed by atoms with Crippen LogP contribution in [0, 0.1) is 0 Å². The zero-order chi connectivity index (χ0) is 13.6. The number of hydrogen-bond donors (Lipinski definition) is 0. The Morgan fingerprint density at radius 2 is 1.78 bits per heavy atom. The van der Waals surface area contributed by atoms with Crippen molar-refractivity contribution in [1.29, 1.82) is 0 Å². The molecule has 0 fully saturated rings. The van der Waals surface area contributed by atoms with E-state index < -0.39 is 18.8 Å². The molecule has 1 aromatic rings. The summed E-state index contributed by atoms with van der Waals surface area (Å²) >= 11 is -2.67. The molecular formula is C15H22O2Sn. The summed E-state index contributed by atoms with van der Waals surface area (Å²) in [7, 11) is 0. The van der Waals surface area contributed by atoms with Gasteiger partial charge in [0, 0.05) is 0 Å². The second-order valence-corrected chi connectivity index (χ2v) is 17.8. The van der Waals surface area contributed by atoms with Crippen molar-refractivity contribution in [3.05, 3.63) is 42.0 Å². The second kappa shape index (κ2) is 6.98. The van der Waals surface area contributed by atoms with Crippen LogP contribution in [0.5, 0.6) is 0 Å². The van der Waals surface area contributed by atoms with Crippen LogP contribution in [0.2, 0.25) is 13.3 Å². The maximum atomic E-state index is 12.3. The Morgan fingerprint density at radius 3 is 2.28 bits per heavy atom. The fraction of sp³-hybridized carbons (Fsp3) is 0.400. The average molecular weight is 353 g/mol. The number of rotatable bonds is 6. The molecule has 1 aromatic carbocycles. The minimum atomic E-state index is -2.67. The van der Waals surface area contributed by atoms with Crippen molar-refractivity contribution >= 4 is 30.8 Å². The van der Waals surface area contributed by atoms with Gasteiger partial charge in [-0.2, -0.15) is 0 Å². The van der Waals surface area contributed by atoms with Gasteiger partial charge in [0.2, 0.25) is 0 Å². The van der Waals surface area contributed by atoms with Gasteiger partial charge in [-0.15, -0.1) is 0 Å². The molecule has 2 nitrogen and oxygen atoms in total. The first-order valence-electron chi connectivity index (χ1n) is 6.57. The van der Waals surface area contributed by atoms with Crippen molar-refractivity contribution < 1.29 is 7.87 Å². The van der Waals surface area contributed by atoms with E-state index in [9.17, 15) is 4.79 Å². The van der Waals surface area contributed by atoms with Crippen molar-refractivity contribution in [1.82, 2.24) is 0 Å². The first kappa shape index (κ1) is 15.3. The first-order chi connectivity index (χ1) is 8.62. The van der Waals surface area contributed by atoms with Crippen LogP contribution in [0.25, 0.3) is 6.08 Å². The Morgan fingerprint density at radius 1 is 1.22 bits per heavy atom. The summed E-state index contributed by atoms with van der Waals surface area (Å²) in [4.78, 5) is 12.3. The van der Waals surface area contributed by atoms with Gasteiger partial charge in [-0.3, -0.25) is 0 Å². The van der Waals surface area contributed by atoms with Crippen molar-refractivity contribution in [2.45, 2.75) is 34.1 Å². The molecule has 3 heteroatoms. The molecule has 18 heavy (non-hydrogen) atoms. The molecule has 0 aromatic heterocycles. The van der Waals surface area contributed by atoms with E-state index in [0.29, 0.717) is 5.56 Å². The molecule has 0 N–H and O–H groups in total. The zero-order valence-corrected chi connectivity index (χ0v) is 14.4. The third-order valence-electron chi connectivity index (χ3n) is 3.64. The van der Waals surface area contributed by atoms with E-state index in [-0.39, 0.29) is 5.97 Å². The van der Waals surface area contributed by atoms with Gasteiger partial charge in [-0.25, -0.2) is 0 Å². The Hall–Kier alpha value is -0.771. The zero-order valence-electron chi connectivity index (χ0n) is 11.5. The summed E-state index contributed by atoms with van der Waals surface area (Å²) in [5.74, 6) is -0.160. The quantitative estimate of drug-likeness (QED) is 0.705. The van der Waals surface area contributed by atoms with E-state index in [1.54, 1.807) is 6.08 Å². The molecule has 1 rings (SSSR count). The van der Waals surface area contributed by atoms with Gasteiger partial charge in [0.25, 0.3) is 0 Å². The summed E-state index contributed by atoms with van der Waals surface area (Å²) < 4.78 is 9.07. The molecule has 0 bridgehead atoms. The Balaban J connectivity index is 2.97. The molecule has 0 radical (unpaired) electrons. The monoisotopic (exact) mass is 354 g/mol. The summed E-state index contributed by atoms with van der Waals surface area (Å²) in [6.07, 6.45) is 1.71. The topological polar surface area (TPSA) is 26.3 Å². The van der Waals surface area contributed by atoms with E-state index in [1.165, 1.54) is 0 Å². The number of hydrogen-bond acceptors (Lipinski definition) is 2. The van der Waals surface area contributed by atoms with Crippen LogP contribution in [0.4, 0.5) is 0 Å². The third-order valence-corrected chi connectivity index (χ3v) is 16.4. The van der Waals surface area contributed by atoms with Crippen molar-refractivity contribution in [3.8, 4) is 0 Å². The normalized spacial score (nSPS) is 11.1. The minimum absolute atomic E-state index is 0.160. The predicted molar refractivity (Wildman–Crippen MR) is 79.1 cm³/mol. The number of benzene rings is 1. The van der Waals surface area contributed by atoms with Crippen LogP contribution in [0.15, 0.2) is 30.8 Å². The van der Waals surface area contributed by atoms with Crippen LogP contribution in [-0.2, 0) is 3.07 Å². The summed E-state index contributed by atoms with van der Waals surface area (Å²) in [5, 5.41) is 0. The van der Waals surface area contributed by atoms with Gasteiger partial charge < -0.3 is 0 Å². The molecule has 0 atom stereocenters. The van der Waals surface area contributed by atoms with E-state index >= 15 is 0 Å². The fourth-order valence-electron chi connectivity index (χ4n) is 2.08. The fourth-order valence-corrected chi connectivity index (χ4v) is 9.03. The van der Waals surface area contributed by atoms with Gasteiger partial charge in [-0.05, 0) is 0 Å². The van der Waals surface area contributed by atoms with Crippen LogP contribution in [0.3, 0.4) is 0 Å². The molecule has 0 saturated heterocycles. The second-order valence-electron chi connectivity index (χ2n) is 4.42. The SMILES string of the molecule is C=Cc1ccccc1C(=O)[O][Sn]([CH2]C)([CH2]C)[CH2]C. The molecule has 0 saturated carbocycles. The first-order valence-corrected chi connectivity index (χ1v) is 13.8. The average Bonchev–Trinajstić information content (AvgIpc) is 2.44. The van der Waals surface area contributed by atoms with Crippen molar-refractivity contribution in [2.24, 2.45) is 0 Å². The van der Waals surface area contributed by atoms with Crippen LogP contribution in [-0.4, -0.2) is 24.8 Å². The van der Waals surface area contributed by atoms with Crippen LogP contribution in [0.1, 0.15) is 36.7 Å². The maximum absolute atomic E-state index is 12.3. The molecular weight excluding hydrogens is 331 g/mol. The molecule has 0 aliphatic carbocycles.